The summed E-state index contributed by atoms with van der Waals surface area (Å²) < 4.78 is 21.8. The number of hydrogen-bond donors (Lipinski definition) is 2. The van der Waals surface area contributed by atoms with Crippen molar-refractivity contribution < 1.29 is 33.6 Å². The number of rotatable bonds is 6. The lowest BCUT2D eigenvalue weighted by molar-refractivity contribution is 0.0326. The second-order valence-electron chi connectivity index (χ2n) is 9.18. The number of nitriles is 1. The highest BCUT2D eigenvalue weighted by molar-refractivity contribution is 5.94. The van der Waals surface area contributed by atoms with Crippen LogP contribution in [0.5, 0.6) is 23.0 Å². The van der Waals surface area contributed by atoms with Gasteiger partial charge < -0.3 is 29.4 Å². The summed E-state index contributed by atoms with van der Waals surface area (Å²) in [6.07, 6.45) is 0.746. The van der Waals surface area contributed by atoms with E-state index in [1.807, 2.05) is 6.07 Å². The lowest BCUT2D eigenvalue weighted by Crippen LogP contribution is -2.38. The number of nitrogens with zero attached hydrogens (tertiary/aromatic N) is 1. The molecule has 1 amide bonds. The van der Waals surface area contributed by atoms with Crippen LogP contribution in [0.2, 0.25) is 0 Å². The normalized spacial score (nSPS) is 17.6. The molecular formula is C29H26N2O7. The quantitative estimate of drug-likeness (QED) is 0.432. The molecule has 194 valence electrons. The number of aryl methyl sites for hydroxylation is 1. The van der Waals surface area contributed by atoms with E-state index in [0.717, 1.165) is 25.0 Å². The molecule has 0 saturated carbocycles. The first-order valence-electron chi connectivity index (χ1n) is 12.3. The average molecular weight is 515 g/mol. The molecule has 2 atom stereocenters. The van der Waals surface area contributed by atoms with Crippen molar-refractivity contribution in [2.45, 2.75) is 37.8 Å². The highest BCUT2D eigenvalue weighted by Gasteiger charge is 2.27. The smallest absolute Gasteiger partial charge is 0.497 e. The van der Waals surface area contributed by atoms with Crippen LogP contribution in [-0.2, 0) is 17.6 Å². The van der Waals surface area contributed by atoms with Crippen LogP contribution in [0.3, 0.4) is 0 Å². The van der Waals surface area contributed by atoms with Crippen LogP contribution in [-0.4, -0.2) is 36.9 Å². The van der Waals surface area contributed by atoms with Crippen LogP contribution < -0.4 is 19.5 Å². The lowest BCUT2D eigenvalue weighted by Gasteiger charge is -2.26. The molecule has 0 radical (unpaired) electrons. The number of benzene rings is 3. The molecule has 0 bridgehead atoms. The van der Waals surface area contributed by atoms with Crippen LogP contribution in [0.15, 0.2) is 54.6 Å². The molecule has 1 aliphatic heterocycles. The van der Waals surface area contributed by atoms with Gasteiger partial charge in [-0.25, -0.2) is 4.79 Å². The van der Waals surface area contributed by atoms with Crippen LogP contribution in [0, 0.1) is 11.3 Å². The molecule has 9 heteroatoms. The molecule has 0 spiro atoms. The Labute approximate surface area is 219 Å². The number of carboxylic acid groups (broad SMARTS) is 1. The van der Waals surface area contributed by atoms with Gasteiger partial charge in [-0.15, -0.1) is 0 Å². The first-order chi connectivity index (χ1) is 18.4. The summed E-state index contributed by atoms with van der Waals surface area (Å²) in [6, 6.07) is 17.9. The van der Waals surface area contributed by atoms with Gasteiger partial charge in [-0.1, -0.05) is 6.07 Å². The summed E-state index contributed by atoms with van der Waals surface area (Å²) in [5, 5.41) is 21.8. The maximum absolute atomic E-state index is 12.9. The van der Waals surface area contributed by atoms with Crippen LogP contribution >= 0.6 is 0 Å². The van der Waals surface area contributed by atoms with E-state index in [1.165, 1.54) is 17.2 Å². The number of ether oxygens (including phenoxy) is 4. The monoisotopic (exact) mass is 514 g/mol. The third-order valence-corrected chi connectivity index (χ3v) is 6.78. The van der Waals surface area contributed by atoms with Gasteiger partial charge in [0.25, 0.3) is 5.91 Å². The molecular weight excluding hydrogens is 488 g/mol. The maximum Gasteiger partial charge on any atom is 0.506 e. The second-order valence-corrected chi connectivity index (χ2v) is 9.18. The van der Waals surface area contributed by atoms with Crippen LogP contribution in [0.1, 0.15) is 51.6 Å². The standard InChI is InChI=1S/C29H26N2O7/c1-35-23-9-5-18-12-21(6-2-19(18)13-23)31-28(32)17-3-7-22(8-4-17)37-26-15-27-24(14-20(26)16-30)25(10-11-36-27)38-29(33)34/h3-5,7-9,13-15,21,25H,2,6,10-12H2,1H3,(H,31,32)(H,33,34). The minimum absolute atomic E-state index is 0.0435. The Morgan fingerprint density at radius 1 is 1.05 bits per heavy atom. The summed E-state index contributed by atoms with van der Waals surface area (Å²) in [4.78, 5) is 23.9. The van der Waals surface area contributed by atoms with E-state index in [2.05, 4.69) is 23.5 Å². The maximum atomic E-state index is 12.9. The minimum Gasteiger partial charge on any atom is -0.497 e. The number of hydrogen-bond acceptors (Lipinski definition) is 7. The average Bonchev–Trinajstić information content (AvgIpc) is 2.92. The van der Waals surface area contributed by atoms with E-state index in [0.29, 0.717) is 29.0 Å². The van der Waals surface area contributed by atoms with Crippen molar-refractivity contribution in [2.24, 2.45) is 0 Å². The van der Waals surface area contributed by atoms with Crippen molar-refractivity contribution in [1.29, 1.82) is 5.26 Å². The van der Waals surface area contributed by atoms with E-state index < -0.39 is 12.3 Å². The van der Waals surface area contributed by atoms with Gasteiger partial charge in [0.15, 0.2) is 0 Å². The summed E-state index contributed by atoms with van der Waals surface area (Å²) in [7, 11) is 1.65. The molecule has 38 heavy (non-hydrogen) atoms. The zero-order valence-electron chi connectivity index (χ0n) is 20.7. The van der Waals surface area contributed by atoms with Gasteiger partial charge >= 0.3 is 6.16 Å². The number of nitrogens with one attached hydrogen (secondary N) is 1. The second kappa shape index (κ2) is 10.7. The van der Waals surface area contributed by atoms with Gasteiger partial charge in [0.05, 0.1) is 19.3 Å². The van der Waals surface area contributed by atoms with Crippen molar-refractivity contribution in [2.75, 3.05) is 13.7 Å². The van der Waals surface area contributed by atoms with E-state index >= 15 is 0 Å². The number of amides is 1. The molecule has 3 aromatic rings. The van der Waals surface area contributed by atoms with Crippen molar-refractivity contribution in [3.63, 3.8) is 0 Å². The highest BCUT2D eigenvalue weighted by Crippen LogP contribution is 2.40. The van der Waals surface area contributed by atoms with Gasteiger partial charge in [0.1, 0.15) is 35.2 Å². The number of fused-ring (bicyclic) bond motifs is 2. The van der Waals surface area contributed by atoms with Crippen molar-refractivity contribution >= 4 is 12.1 Å². The van der Waals surface area contributed by atoms with Gasteiger partial charge in [0, 0.05) is 29.7 Å². The fourth-order valence-electron chi connectivity index (χ4n) is 4.85. The molecule has 1 aliphatic carbocycles. The van der Waals surface area contributed by atoms with Crippen LogP contribution in [0.4, 0.5) is 4.79 Å². The van der Waals surface area contributed by atoms with Gasteiger partial charge in [-0.3, -0.25) is 4.79 Å². The molecule has 5 rings (SSSR count). The van der Waals surface area contributed by atoms with E-state index in [1.54, 1.807) is 37.4 Å². The Morgan fingerprint density at radius 2 is 1.84 bits per heavy atom. The zero-order valence-corrected chi connectivity index (χ0v) is 20.7. The third-order valence-electron chi connectivity index (χ3n) is 6.78. The number of carbonyl (C=O) groups excluding carboxylic acids is 1. The SMILES string of the molecule is COc1ccc2c(c1)CCC(NC(=O)c1ccc(Oc3cc4c(cc3C#N)C(OC(=O)O)CCO4)cc1)C2. The summed E-state index contributed by atoms with van der Waals surface area (Å²) in [6.45, 7) is 0.279. The Morgan fingerprint density at radius 3 is 2.58 bits per heavy atom. The van der Waals surface area contributed by atoms with Gasteiger partial charge in [-0.05, 0) is 72.9 Å². The minimum atomic E-state index is -1.39. The molecule has 0 saturated heterocycles. The van der Waals surface area contributed by atoms with Crippen molar-refractivity contribution in [1.82, 2.24) is 5.32 Å². The number of carbonyl (C=O) groups is 2. The molecule has 9 nitrogen and oxygen atoms in total. The highest BCUT2D eigenvalue weighted by atomic mass is 16.7. The first-order valence-corrected chi connectivity index (χ1v) is 12.3. The zero-order chi connectivity index (χ0) is 26.6. The largest absolute Gasteiger partial charge is 0.506 e. The lowest BCUT2D eigenvalue weighted by atomic mass is 9.88. The molecule has 0 fully saturated rings. The van der Waals surface area contributed by atoms with Crippen molar-refractivity contribution in [3.05, 3.63) is 82.4 Å². The fraction of sp³-hybridized carbons (Fsp3) is 0.276. The molecule has 3 aromatic carbocycles. The summed E-state index contributed by atoms with van der Waals surface area (Å²) in [5.74, 6) is 1.78. The molecule has 2 unspecified atom stereocenters. The predicted octanol–water partition coefficient (Wildman–Crippen LogP) is 5.16. The fourth-order valence-corrected chi connectivity index (χ4v) is 4.85. The topological polar surface area (TPSA) is 127 Å². The predicted molar refractivity (Wildman–Crippen MR) is 136 cm³/mol. The van der Waals surface area contributed by atoms with Gasteiger partial charge in [0.2, 0.25) is 0 Å². The van der Waals surface area contributed by atoms with Crippen LogP contribution in [0.25, 0.3) is 0 Å². The third kappa shape index (κ3) is 5.34. The molecule has 0 aromatic heterocycles. The Kier molecular flexibility index (Phi) is 7.05. The Hall–Kier alpha value is -4.71. The molecule has 2 aliphatic rings. The molecule has 2 N–H and O–H groups in total. The summed E-state index contributed by atoms with van der Waals surface area (Å²) in [5.41, 5.74) is 3.67. The van der Waals surface area contributed by atoms with E-state index in [9.17, 15) is 14.9 Å². The van der Waals surface area contributed by atoms with E-state index in [4.69, 9.17) is 24.1 Å². The van der Waals surface area contributed by atoms with E-state index in [-0.39, 0.29) is 29.9 Å². The first kappa shape index (κ1) is 25.0. The van der Waals surface area contributed by atoms with Gasteiger partial charge in [-0.2, -0.15) is 5.26 Å². The van der Waals surface area contributed by atoms with Crippen molar-refractivity contribution in [3.8, 4) is 29.1 Å². The molecule has 1 heterocycles. The summed E-state index contributed by atoms with van der Waals surface area (Å²) >= 11 is 0. The Balaban J connectivity index is 1.25. The Bertz CT molecular complexity index is 1410. The number of methoxy groups -OCH3 is 1.